The molecule has 0 saturated carbocycles. The van der Waals surface area contributed by atoms with E-state index in [2.05, 4.69) is 60.0 Å². The summed E-state index contributed by atoms with van der Waals surface area (Å²) < 4.78 is 0.858. The van der Waals surface area contributed by atoms with Crippen molar-refractivity contribution in [2.24, 2.45) is 0 Å². The van der Waals surface area contributed by atoms with E-state index < -0.39 is 5.91 Å². The van der Waals surface area contributed by atoms with E-state index in [-0.39, 0.29) is 11.1 Å². The molecule has 1 N–H and O–H groups in total. The summed E-state index contributed by atoms with van der Waals surface area (Å²) in [5.41, 5.74) is 4.89. The monoisotopic (exact) mass is 435 g/mol. The Balaban J connectivity index is 1.91. The van der Waals surface area contributed by atoms with Gasteiger partial charge < -0.3 is 10.2 Å². The predicted molar refractivity (Wildman–Crippen MR) is 119 cm³/mol. The molecule has 5 heteroatoms. The average Bonchev–Trinajstić information content (AvgIpc) is 2.64. The van der Waals surface area contributed by atoms with E-state index in [4.69, 9.17) is 0 Å². The van der Waals surface area contributed by atoms with E-state index >= 15 is 0 Å². The van der Waals surface area contributed by atoms with Gasteiger partial charge in [-0.25, -0.2) is 0 Å². The Hall–Kier alpha value is -2.84. The molecule has 0 aliphatic carbocycles. The van der Waals surface area contributed by atoms with Gasteiger partial charge in [-0.3, -0.25) is 4.79 Å². The summed E-state index contributed by atoms with van der Waals surface area (Å²) in [5, 5.41) is 12.2. The summed E-state index contributed by atoms with van der Waals surface area (Å²) in [5.74, 6) is -0.427. The number of fused-ring (bicyclic) bond motifs is 1. The smallest absolute Gasteiger partial charge is 0.266 e. The summed E-state index contributed by atoms with van der Waals surface area (Å²) >= 11 is 3.37. The summed E-state index contributed by atoms with van der Waals surface area (Å²) in [7, 11) is 2.07. The van der Waals surface area contributed by atoms with Crippen LogP contribution in [0.1, 0.15) is 31.9 Å². The molecular formula is C23H22BrN3O. The third kappa shape index (κ3) is 4.02. The summed E-state index contributed by atoms with van der Waals surface area (Å²) in [6, 6.07) is 15.3. The zero-order valence-electron chi connectivity index (χ0n) is 16.4. The third-order valence-electron chi connectivity index (χ3n) is 5.00. The minimum Gasteiger partial charge on any atom is -0.366 e. The van der Waals surface area contributed by atoms with Crippen LogP contribution in [0.3, 0.4) is 0 Å². The van der Waals surface area contributed by atoms with Gasteiger partial charge in [0.25, 0.3) is 5.91 Å². The fourth-order valence-corrected chi connectivity index (χ4v) is 3.75. The molecule has 1 heterocycles. The van der Waals surface area contributed by atoms with Gasteiger partial charge in [0.1, 0.15) is 11.6 Å². The molecule has 0 bridgehead atoms. The molecule has 0 atom stereocenters. The standard InChI is InChI=1S/C23H22BrN3O/c1-15-13-23(2,3)27(4)21-9-8-16(11-20(15)21)10-17(14-25)22(28)26-19-7-5-6-18(24)12-19/h5-13H,1-4H3,(H,26,28)/b17-10-. The van der Waals surface area contributed by atoms with Crippen molar-refractivity contribution in [2.45, 2.75) is 26.3 Å². The zero-order chi connectivity index (χ0) is 20.5. The lowest BCUT2D eigenvalue weighted by atomic mass is 9.88. The van der Waals surface area contributed by atoms with Crippen LogP contribution in [0.25, 0.3) is 11.6 Å². The van der Waals surface area contributed by atoms with Crippen molar-refractivity contribution in [1.82, 2.24) is 0 Å². The Bertz CT molecular complexity index is 1040. The molecule has 2 aromatic carbocycles. The van der Waals surface area contributed by atoms with Gasteiger partial charge in [-0.1, -0.05) is 34.1 Å². The molecule has 0 fully saturated rings. The predicted octanol–water partition coefficient (Wildman–Crippen LogP) is 5.63. The number of nitrogens with zero attached hydrogens (tertiary/aromatic N) is 2. The van der Waals surface area contributed by atoms with Gasteiger partial charge in [-0.2, -0.15) is 5.26 Å². The number of anilines is 2. The maximum atomic E-state index is 12.5. The third-order valence-corrected chi connectivity index (χ3v) is 5.49. The lowest BCUT2D eigenvalue weighted by Gasteiger charge is -2.40. The Morgan fingerprint density at radius 1 is 1.25 bits per heavy atom. The molecule has 1 amide bonds. The van der Waals surface area contributed by atoms with Crippen molar-refractivity contribution in [2.75, 3.05) is 17.3 Å². The molecule has 0 saturated heterocycles. The minimum atomic E-state index is -0.427. The van der Waals surface area contributed by atoms with Crippen LogP contribution in [-0.2, 0) is 4.79 Å². The van der Waals surface area contributed by atoms with E-state index in [0.717, 1.165) is 21.3 Å². The highest BCUT2D eigenvalue weighted by Crippen LogP contribution is 2.38. The number of hydrogen-bond acceptors (Lipinski definition) is 3. The lowest BCUT2D eigenvalue weighted by molar-refractivity contribution is -0.112. The fraction of sp³-hybridized carbons (Fsp3) is 0.217. The maximum absolute atomic E-state index is 12.5. The van der Waals surface area contributed by atoms with Crippen LogP contribution in [0.15, 0.2) is 58.6 Å². The SMILES string of the molecule is CC1=CC(C)(C)N(C)c2ccc(/C=C(/C#N)C(=O)Nc3cccc(Br)c3)cc21. The van der Waals surface area contributed by atoms with Gasteiger partial charge in [0, 0.05) is 28.5 Å². The number of amides is 1. The number of carbonyl (C=O) groups excluding carboxylic acids is 1. The number of hydrogen-bond donors (Lipinski definition) is 1. The van der Waals surface area contributed by atoms with Crippen molar-refractivity contribution in [1.29, 1.82) is 5.26 Å². The van der Waals surface area contributed by atoms with Crippen molar-refractivity contribution in [3.05, 3.63) is 69.7 Å². The molecule has 0 aromatic heterocycles. The highest BCUT2D eigenvalue weighted by Gasteiger charge is 2.28. The number of nitrogens with one attached hydrogen (secondary N) is 1. The van der Waals surface area contributed by atoms with Gasteiger partial charge >= 0.3 is 0 Å². The van der Waals surface area contributed by atoms with E-state index in [1.54, 1.807) is 18.2 Å². The topological polar surface area (TPSA) is 56.1 Å². The van der Waals surface area contributed by atoms with Gasteiger partial charge in [0.15, 0.2) is 0 Å². The van der Waals surface area contributed by atoms with Crippen LogP contribution in [-0.4, -0.2) is 18.5 Å². The Morgan fingerprint density at radius 2 is 2.00 bits per heavy atom. The number of allylic oxidation sites excluding steroid dienone is 1. The Kier molecular flexibility index (Phi) is 5.44. The van der Waals surface area contributed by atoms with Crippen molar-refractivity contribution >= 4 is 44.9 Å². The van der Waals surface area contributed by atoms with Crippen LogP contribution in [0.5, 0.6) is 0 Å². The number of carbonyl (C=O) groups is 1. The number of benzene rings is 2. The van der Waals surface area contributed by atoms with Crippen LogP contribution < -0.4 is 10.2 Å². The largest absolute Gasteiger partial charge is 0.366 e. The van der Waals surface area contributed by atoms with Crippen molar-refractivity contribution < 1.29 is 4.79 Å². The quantitative estimate of drug-likeness (QED) is 0.502. The fourth-order valence-electron chi connectivity index (χ4n) is 3.35. The van der Waals surface area contributed by atoms with Gasteiger partial charge in [0.2, 0.25) is 0 Å². The molecular weight excluding hydrogens is 414 g/mol. The van der Waals surface area contributed by atoms with E-state index in [1.807, 2.05) is 36.4 Å². The number of halogens is 1. The molecule has 1 aliphatic heterocycles. The summed E-state index contributed by atoms with van der Waals surface area (Å²) in [6.07, 6.45) is 3.86. The van der Waals surface area contributed by atoms with Crippen LogP contribution in [0.2, 0.25) is 0 Å². The van der Waals surface area contributed by atoms with Gasteiger partial charge in [-0.15, -0.1) is 0 Å². The molecule has 3 rings (SSSR count). The Labute approximate surface area is 174 Å². The first-order valence-electron chi connectivity index (χ1n) is 8.98. The average molecular weight is 436 g/mol. The second kappa shape index (κ2) is 7.65. The second-order valence-electron chi connectivity index (χ2n) is 7.45. The molecule has 0 radical (unpaired) electrons. The first-order chi connectivity index (χ1) is 13.2. The van der Waals surface area contributed by atoms with Crippen LogP contribution in [0, 0.1) is 11.3 Å². The number of likely N-dealkylation sites (N-methyl/N-ethyl adjacent to an activating group) is 1. The van der Waals surface area contributed by atoms with E-state index in [0.29, 0.717) is 5.69 Å². The molecule has 4 nitrogen and oxygen atoms in total. The summed E-state index contributed by atoms with van der Waals surface area (Å²) in [4.78, 5) is 14.7. The second-order valence-corrected chi connectivity index (χ2v) is 8.37. The molecule has 1 aliphatic rings. The highest BCUT2D eigenvalue weighted by atomic mass is 79.9. The molecule has 2 aromatic rings. The molecule has 0 unspecified atom stereocenters. The first kappa shape index (κ1) is 19.9. The Morgan fingerprint density at radius 3 is 2.68 bits per heavy atom. The molecule has 142 valence electrons. The van der Waals surface area contributed by atoms with Gasteiger partial charge in [-0.05, 0) is 68.3 Å². The highest BCUT2D eigenvalue weighted by molar-refractivity contribution is 9.10. The van der Waals surface area contributed by atoms with Gasteiger partial charge in [0.05, 0.1) is 5.54 Å². The molecule has 28 heavy (non-hydrogen) atoms. The number of nitriles is 1. The number of rotatable bonds is 3. The summed E-state index contributed by atoms with van der Waals surface area (Å²) in [6.45, 7) is 6.44. The zero-order valence-corrected chi connectivity index (χ0v) is 18.0. The minimum absolute atomic E-state index is 0.0594. The lowest BCUT2D eigenvalue weighted by Crippen LogP contribution is -2.42. The van der Waals surface area contributed by atoms with E-state index in [9.17, 15) is 10.1 Å². The first-order valence-corrected chi connectivity index (χ1v) is 9.77. The van der Waals surface area contributed by atoms with Crippen molar-refractivity contribution in [3.63, 3.8) is 0 Å². The molecule has 0 spiro atoms. The van der Waals surface area contributed by atoms with Crippen LogP contribution >= 0.6 is 15.9 Å². The normalized spacial score (nSPS) is 15.4. The van der Waals surface area contributed by atoms with E-state index in [1.165, 1.54) is 5.57 Å². The maximum Gasteiger partial charge on any atom is 0.266 e. The van der Waals surface area contributed by atoms with Crippen molar-refractivity contribution in [3.8, 4) is 6.07 Å². The van der Waals surface area contributed by atoms with Crippen LogP contribution in [0.4, 0.5) is 11.4 Å².